The van der Waals surface area contributed by atoms with E-state index in [-0.39, 0.29) is 24.3 Å². The highest BCUT2D eigenvalue weighted by atomic mass is 16.2. The zero-order valence-corrected chi connectivity index (χ0v) is 20.1. The topological polar surface area (TPSA) is 73.2 Å². The molecule has 0 unspecified atom stereocenters. The van der Waals surface area contributed by atoms with Crippen LogP contribution in [-0.4, -0.2) is 11.8 Å². The minimum atomic E-state index is -0.178. The van der Waals surface area contributed by atoms with Crippen molar-refractivity contribution >= 4 is 17.5 Å². The van der Waals surface area contributed by atoms with Gasteiger partial charge in [0.1, 0.15) is 0 Å². The second kappa shape index (κ2) is 11.6. The minimum Gasteiger partial charge on any atom is -0.349 e. The van der Waals surface area contributed by atoms with Crippen molar-refractivity contribution in [3.05, 3.63) is 137 Å². The summed E-state index contributed by atoms with van der Waals surface area (Å²) in [5.74, 6) is -0.265. The van der Waals surface area contributed by atoms with E-state index in [2.05, 4.69) is 11.4 Å². The molecule has 0 heterocycles. The lowest BCUT2D eigenvalue weighted by Gasteiger charge is -2.24. The van der Waals surface area contributed by atoms with Crippen LogP contribution in [-0.2, 0) is 17.8 Å². The molecule has 0 spiro atoms. The molecule has 0 radical (unpaired) electrons. The van der Waals surface area contributed by atoms with Crippen LogP contribution >= 0.6 is 0 Å². The summed E-state index contributed by atoms with van der Waals surface area (Å²) in [7, 11) is 0. The van der Waals surface area contributed by atoms with E-state index in [4.69, 9.17) is 5.26 Å². The zero-order chi connectivity index (χ0) is 25.3. The van der Waals surface area contributed by atoms with E-state index in [9.17, 15) is 9.59 Å². The minimum absolute atomic E-state index is 0.0865. The number of hydrogen-bond donors (Lipinski definition) is 1. The Morgan fingerprint density at radius 3 is 2.14 bits per heavy atom. The van der Waals surface area contributed by atoms with Crippen molar-refractivity contribution in [3.63, 3.8) is 0 Å². The Hall–Kier alpha value is -4.69. The molecular formula is C31H27N3O2. The number of benzene rings is 4. The number of rotatable bonds is 8. The van der Waals surface area contributed by atoms with Crippen molar-refractivity contribution in [1.29, 1.82) is 5.26 Å². The molecule has 0 aliphatic carbocycles. The fraction of sp³-hybridized carbons (Fsp3) is 0.129. The fourth-order valence-electron chi connectivity index (χ4n) is 4.03. The summed E-state index contributed by atoms with van der Waals surface area (Å²) in [5, 5.41) is 12.1. The summed E-state index contributed by atoms with van der Waals surface area (Å²) in [6.07, 6.45) is 0.204. The molecule has 5 heteroatoms. The third-order valence-electron chi connectivity index (χ3n) is 5.95. The smallest absolute Gasteiger partial charge is 0.258 e. The fourth-order valence-corrected chi connectivity index (χ4v) is 4.03. The summed E-state index contributed by atoms with van der Waals surface area (Å²) in [5.41, 5.74) is 4.54. The Labute approximate surface area is 211 Å². The Morgan fingerprint density at radius 2 is 1.47 bits per heavy atom. The highest BCUT2D eigenvalue weighted by Crippen LogP contribution is 2.23. The van der Waals surface area contributed by atoms with Crippen molar-refractivity contribution in [2.75, 3.05) is 4.90 Å². The lowest BCUT2D eigenvalue weighted by atomic mass is 10.1. The number of carbonyl (C=O) groups excluding carboxylic acids is 2. The van der Waals surface area contributed by atoms with E-state index < -0.39 is 0 Å². The molecule has 0 saturated carbocycles. The molecule has 1 N–H and O–H groups in total. The predicted molar refractivity (Wildman–Crippen MR) is 141 cm³/mol. The Bertz CT molecular complexity index is 1360. The first kappa shape index (κ1) is 24.4. The summed E-state index contributed by atoms with van der Waals surface area (Å²) >= 11 is 0. The molecule has 36 heavy (non-hydrogen) atoms. The predicted octanol–water partition coefficient (Wildman–Crippen LogP) is 5.83. The van der Waals surface area contributed by atoms with Gasteiger partial charge in [-0.15, -0.1) is 0 Å². The van der Waals surface area contributed by atoms with Crippen LogP contribution < -0.4 is 10.2 Å². The van der Waals surface area contributed by atoms with E-state index in [0.29, 0.717) is 23.4 Å². The standard InChI is InChI=1S/C31H27N3O2/c1-23(27-12-6-3-7-13-27)33-30(35)20-26-11-8-14-29(19-26)34(22-25-9-4-2-5-10-25)31(36)28-17-15-24(21-32)16-18-28/h2-19,23H,20,22H2,1H3,(H,33,35)/t23-/m1/s1. The summed E-state index contributed by atoms with van der Waals surface area (Å²) < 4.78 is 0. The van der Waals surface area contributed by atoms with Crippen LogP contribution in [0.4, 0.5) is 5.69 Å². The number of hydrogen-bond acceptors (Lipinski definition) is 3. The Morgan fingerprint density at radius 1 is 0.833 bits per heavy atom. The molecule has 0 bridgehead atoms. The number of nitrogens with zero attached hydrogens (tertiary/aromatic N) is 2. The maximum absolute atomic E-state index is 13.5. The van der Waals surface area contributed by atoms with Crippen LogP contribution in [0, 0.1) is 11.3 Å². The summed E-state index contributed by atoms with van der Waals surface area (Å²) in [6, 6.07) is 35.7. The molecule has 178 valence electrons. The lowest BCUT2D eigenvalue weighted by Crippen LogP contribution is -2.31. The van der Waals surface area contributed by atoms with Crippen molar-refractivity contribution in [1.82, 2.24) is 5.32 Å². The molecule has 4 aromatic carbocycles. The van der Waals surface area contributed by atoms with Crippen molar-refractivity contribution in [2.24, 2.45) is 0 Å². The lowest BCUT2D eigenvalue weighted by molar-refractivity contribution is -0.121. The van der Waals surface area contributed by atoms with Crippen LogP contribution in [0.3, 0.4) is 0 Å². The van der Waals surface area contributed by atoms with E-state index in [1.807, 2.05) is 91.9 Å². The first-order valence-electron chi connectivity index (χ1n) is 11.8. The Balaban J connectivity index is 1.56. The highest BCUT2D eigenvalue weighted by molar-refractivity contribution is 6.06. The van der Waals surface area contributed by atoms with Gasteiger partial charge in [0.15, 0.2) is 0 Å². The highest BCUT2D eigenvalue weighted by Gasteiger charge is 2.19. The summed E-state index contributed by atoms with van der Waals surface area (Å²) in [4.78, 5) is 28.0. The molecule has 2 amide bonds. The van der Waals surface area contributed by atoms with Crippen LogP contribution in [0.1, 0.15) is 45.6 Å². The van der Waals surface area contributed by atoms with E-state index in [1.165, 1.54) is 0 Å². The van der Waals surface area contributed by atoms with Gasteiger partial charge in [0.2, 0.25) is 5.91 Å². The first-order chi connectivity index (χ1) is 17.5. The second-order valence-corrected chi connectivity index (χ2v) is 8.61. The zero-order valence-electron chi connectivity index (χ0n) is 20.1. The molecular weight excluding hydrogens is 446 g/mol. The summed E-state index contributed by atoms with van der Waals surface area (Å²) in [6.45, 7) is 2.34. The van der Waals surface area contributed by atoms with Crippen LogP contribution in [0.25, 0.3) is 0 Å². The third-order valence-corrected chi connectivity index (χ3v) is 5.95. The van der Waals surface area contributed by atoms with Crippen LogP contribution in [0.2, 0.25) is 0 Å². The van der Waals surface area contributed by atoms with Gasteiger partial charge >= 0.3 is 0 Å². The number of nitrogens with one attached hydrogen (secondary N) is 1. The average molecular weight is 474 g/mol. The SMILES string of the molecule is C[C@@H](NC(=O)Cc1cccc(N(Cc2ccccc2)C(=O)c2ccc(C#N)cc2)c1)c1ccccc1. The molecule has 0 aliphatic rings. The maximum Gasteiger partial charge on any atom is 0.258 e. The largest absolute Gasteiger partial charge is 0.349 e. The van der Waals surface area contributed by atoms with Gasteiger partial charge in [-0.3, -0.25) is 9.59 Å². The molecule has 4 rings (SSSR count). The molecule has 0 aromatic heterocycles. The van der Waals surface area contributed by atoms with Crippen molar-refractivity contribution in [3.8, 4) is 6.07 Å². The van der Waals surface area contributed by atoms with Gasteiger partial charge in [-0.2, -0.15) is 5.26 Å². The molecule has 0 fully saturated rings. The maximum atomic E-state index is 13.5. The molecule has 4 aromatic rings. The second-order valence-electron chi connectivity index (χ2n) is 8.61. The van der Waals surface area contributed by atoms with Gasteiger partial charge in [0, 0.05) is 11.3 Å². The van der Waals surface area contributed by atoms with E-state index in [0.717, 1.165) is 16.7 Å². The van der Waals surface area contributed by atoms with Crippen molar-refractivity contribution in [2.45, 2.75) is 25.9 Å². The van der Waals surface area contributed by atoms with Gasteiger partial charge in [0.25, 0.3) is 5.91 Å². The first-order valence-corrected chi connectivity index (χ1v) is 11.8. The Kier molecular flexibility index (Phi) is 7.90. The van der Waals surface area contributed by atoms with Crippen LogP contribution in [0.5, 0.6) is 0 Å². The van der Waals surface area contributed by atoms with Crippen LogP contribution in [0.15, 0.2) is 109 Å². The number of anilines is 1. The quantitative estimate of drug-likeness (QED) is 0.350. The van der Waals surface area contributed by atoms with Gasteiger partial charge in [-0.25, -0.2) is 0 Å². The molecule has 0 aliphatic heterocycles. The van der Waals surface area contributed by atoms with Gasteiger partial charge < -0.3 is 10.2 Å². The number of carbonyl (C=O) groups is 2. The van der Waals surface area contributed by atoms with E-state index >= 15 is 0 Å². The number of nitriles is 1. The number of amides is 2. The van der Waals surface area contributed by atoms with Gasteiger partial charge in [0.05, 0.1) is 30.6 Å². The van der Waals surface area contributed by atoms with Gasteiger partial charge in [-0.1, -0.05) is 72.8 Å². The molecule has 1 atom stereocenters. The third kappa shape index (κ3) is 6.25. The molecule has 5 nitrogen and oxygen atoms in total. The molecule has 0 saturated heterocycles. The van der Waals surface area contributed by atoms with E-state index in [1.54, 1.807) is 29.2 Å². The normalized spacial score (nSPS) is 11.2. The average Bonchev–Trinajstić information content (AvgIpc) is 2.92. The van der Waals surface area contributed by atoms with Crippen molar-refractivity contribution < 1.29 is 9.59 Å². The van der Waals surface area contributed by atoms with Gasteiger partial charge in [-0.05, 0) is 60.0 Å². The monoisotopic (exact) mass is 473 g/mol.